The molecule has 0 radical (unpaired) electrons. The number of hydrogen-bond donors (Lipinski definition) is 3. The van der Waals surface area contributed by atoms with Gasteiger partial charge in [0.2, 0.25) is 0 Å². The molecule has 128 valence electrons. The summed E-state index contributed by atoms with van der Waals surface area (Å²) in [7, 11) is 0. The Morgan fingerprint density at radius 2 is 1.83 bits per heavy atom. The van der Waals surface area contributed by atoms with Crippen LogP contribution < -0.4 is 10.6 Å². The fourth-order valence-corrected chi connectivity index (χ4v) is 2.40. The van der Waals surface area contributed by atoms with Gasteiger partial charge in [0.25, 0.3) is 5.91 Å². The lowest BCUT2D eigenvalue weighted by atomic mass is 10.0. The van der Waals surface area contributed by atoms with Crippen LogP contribution in [0.5, 0.6) is 0 Å². The van der Waals surface area contributed by atoms with Gasteiger partial charge < -0.3 is 15.7 Å². The molecule has 0 saturated heterocycles. The van der Waals surface area contributed by atoms with Crippen LogP contribution in [0, 0.1) is 12.8 Å². The maximum absolute atomic E-state index is 12.6. The van der Waals surface area contributed by atoms with Crippen molar-refractivity contribution < 1.29 is 9.90 Å². The minimum Gasteiger partial charge on any atom is -0.392 e. The van der Waals surface area contributed by atoms with E-state index in [1.165, 1.54) is 0 Å². The number of anilines is 2. The van der Waals surface area contributed by atoms with Gasteiger partial charge in [-0.2, -0.15) is 0 Å². The Balaban J connectivity index is 2.20. The van der Waals surface area contributed by atoms with Crippen molar-refractivity contribution >= 4 is 17.3 Å². The van der Waals surface area contributed by atoms with Crippen molar-refractivity contribution in [2.75, 3.05) is 10.6 Å². The predicted octanol–water partition coefficient (Wildman–Crippen LogP) is 4.20. The number of carbonyl (C=O) groups excluding carboxylic acids is 1. The van der Waals surface area contributed by atoms with E-state index in [0.29, 0.717) is 23.2 Å². The molecule has 1 atom stereocenters. The normalized spacial score (nSPS) is 12.1. The second-order valence-electron chi connectivity index (χ2n) is 6.47. The Morgan fingerprint density at radius 1 is 1.12 bits per heavy atom. The average Bonchev–Trinajstić information content (AvgIpc) is 2.56. The first-order valence-corrected chi connectivity index (χ1v) is 8.29. The predicted molar refractivity (Wildman–Crippen MR) is 99.4 cm³/mol. The smallest absolute Gasteiger partial charge is 0.256 e. The molecule has 2 aromatic carbocycles. The molecular formula is C20H26N2O2. The highest BCUT2D eigenvalue weighted by Gasteiger charge is 2.14. The molecule has 1 amide bonds. The Labute approximate surface area is 143 Å². The van der Waals surface area contributed by atoms with E-state index in [9.17, 15) is 9.90 Å². The highest BCUT2D eigenvalue weighted by Crippen LogP contribution is 2.22. The van der Waals surface area contributed by atoms with Crippen molar-refractivity contribution in [2.24, 2.45) is 5.92 Å². The summed E-state index contributed by atoms with van der Waals surface area (Å²) in [6.45, 7) is 8.37. The SMILES string of the molecule is Cc1c(NC(C)C(C)C)cccc1C(=O)Nc1cccc(CO)c1. The van der Waals surface area contributed by atoms with Crippen molar-refractivity contribution in [3.63, 3.8) is 0 Å². The zero-order valence-electron chi connectivity index (χ0n) is 14.8. The largest absolute Gasteiger partial charge is 0.392 e. The van der Waals surface area contributed by atoms with Gasteiger partial charge in [-0.05, 0) is 55.2 Å². The Kier molecular flexibility index (Phi) is 5.99. The summed E-state index contributed by atoms with van der Waals surface area (Å²) in [4.78, 5) is 12.6. The quantitative estimate of drug-likeness (QED) is 0.745. The molecule has 4 nitrogen and oxygen atoms in total. The molecule has 0 aromatic heterocycles. The van der Waals surface area contributed by atoms with Gasteiger partial charge in [-0.25, -0.2) is 0 Å². The molecule has 24 heavy (non-hydrogen) atoms. The molecule has 0 spiro atoms. The minimum atomic E-state index is -0.150. The van der Waals surface area contributed by atoms with E-state index < -0.39 is 0 Å². The molecule has 2 rings (SSSR count). The fraction of sp³-hybridized carbons (Fsp3) is 0.350. The number of carbonyl (C=O) groups is 1. The number of benzene rings is 2. The Hall–Kier alpha value is -2.33. The van der Waals surface area contributed by atoms with Crippen LogP contribution in [0.4, 0.5) is 11.4 Å². The van der Waals surface area contributed by atoms with Gasteiger partial charge in [0.1, 0.15) is 0 Å². The van der Waals surface area contributed by atoms with Crippen molar-refractivity contribution in [3.05, 3.63) is 59.2 Å². The molecular weight excluding hydrogens is 300 g/mol. The molecule has 0 saturated carbocycles. The van der Waals surface area contributed by atoms with E-state index in [1.54, 1.807) is 6.07 Å². The highest BCUT2D eigenvalue weighted by molar-refractivity contribution is 6.06. The van der Waals surface area contributed by atoms with E-state index in [4.69, 9.17) is 0 Å². The van der Waals surface area contributed by atoms with Gasteiger partial charge >= 0.3 is 0 Å². The summed E-state index contributed by atoms with van der Waals surface area (Å²) in [5.74, 6) is 0.353. The van der Waals surface area contributed by atoms with Crippen molar-refractivity contribution in [3.8, 4) is 0 Å². The number of nitrogens with one attached hydrogen (secondary N) is 2. The molecule has 1 unspecified atom stereocenters. The number of rotatable bonds is 6. The van der Waals surface area contributed by atoms with Crippen LogP contribution in [0.25, 0.3) is 0 Å². The Morgan fingerprint density at radius 3 is 2.50 bits per heavy atom. The lowest BCUT2D eigenvalue weighted by molar-refractivity contribution is 0.102. The molecule has 4 heteroatoms. The van der Waals surface area contributed by atoms with Gasteiger partial charge in [0.05, 0.1) is 6.61 Å². The van der Waals surface area contributed by atoms with E-state index in [0.717, 1.165) is 16.8 Å². The minimum absolute atomic E-state index is 0.0464. The highest BCUT2D eigenvalue weighted by atomic mass is 16.3. The number of aliphatic hydroxyl groups excluding tert-OH is 1. The lowest BCUT2D eigenvalue weighted by Gasteiger charge is -2.21. The summed E-state index contributed by atoms with van der Waals surface area (Å²) in [6.07, 6.45) is 0. The summed E-state index contributed by atoms with van der Waals surface area (Å²) < 4.78 is 0. The van der Waals surface area contributed by atoms with Gasteiger partial charge in [-0.15, -0.1) is 0 Å². The molecule has 3 N–H and O–H groups in total. The molecule has 0 fully saturated rings. The number of hydrogen-bond acceptors (Lipinski definition) is 3. The van der Waals surface area contributed by atoms with Crippen LogP contribution in [0.15, 0.2) is 42.5 Å². The second kappa shape index (κ2) is 7.97. The van der Waals surface area contributed by atoms with Crippen molar-refractivity contribution in [1.82, 2.24) is 0 Å². The second-order valence-corrected chi connectivity index (χ2v) is 6.47. The van der Waals surface area contributed by atoms with Crippen LogP contribution in [-0.2, 0) is 6.61 Å². The third-order valence-electron chi connectivity index (χ3n) is 4.33. The van der Waals surface area contributed by atoms with Gasteiger partial charge in [-0.3, -0.25) is 4.79 Å². The molecule has 0 heterocycles. The van der Waals surface area contributed by atoms with Crippen LogP contribution in [0.1, 0.15) is 42.3 Å². The zero-order valence-corrected chi connectivity index (χ0v) is 14.8. The molecule has 2 aromatic rings. The summed E-state index contributed by atoms with van der Waals surface area (Å²) in [5, 5.41) is 15.6. The van der Waals surface area contributed by atoms with Crippen LogP contribution >= 0.6 is 0 Å². The molecule has 0 aliphatic rings. The first kappa shape index (κ1) is 18.0. The monoisotopic (exact) mass is 326 g/mol. The van der Waals surface area contributed by atoms with Crippen LogP contribution in [-0.4, -0.2) is 17.1 Å². The van der Waals surface area contributed by atoms with Crippen molar-refractivity contribution in [1.29, 1.82) is 0 Å². The van der Waals surface area contributed by atoms with Crippen molar-refractivity contribution in [2.45, 2.75) is 40.3 Å². The van der Waals surface area contributed by atoms with E-state index in [2.05, 4.69) is 31.4 Å². The van der Waals surface area contributed by atoms with E-state index in [-0.39, 0.29) is 12.5 Å². The van der Waals surface area contributed by atoms with Gasteiger partial charge in [0, 0.05) is 23.0 Å². The third kappa shape index (κ3) is 4.36. The van der Waals surface area contributed by atoms with Crippen LogP contribution in [0.2, 0.25) is 0 Å². The molecule has 0 bridgehead atoms. The maximum Gasteiger partial charge on any atom is 0.256 e. The van der Waals surface area contributed by atoms with Gasteiger partial charge in [0.15, 0.2) is 0 Å². The first-order valence-electron chi connectivity index (χ1n) is 8.29. The standard InChI is InChI=1S/C20H26N2O2/c1-13(2)15(4)21-19-10-6-9-18(14(19)3)20(24)22-17-8-5-7-16(11-17)12-23/h5-11,13,15,21,23H,12H2,1-4H3,(H,22,24). The van der Waals surface area contributed by atoms with E-state index in [1.807, 2.05) is 43.3 Å². The molecule has 0 aliphatic carbocycles. The first-order chi connectivity index (χ1) is 11.4. The molecule has 0 aliphatic heterocycles. The number of amides is 1. The topological polar surface area (TPSA) is 61.4 Å². The maximum atomic E-state index is 12.6. The zero-order chi connectivity index (χ0) is 17.7. The summed E-state index contributed by atoms with van der Waals surface area (Å²) in [6, 6.07) is 13.3. The van der Waals surface area contributed by atoms with Gasteiger partial charge in [-0.1, -0.05) is 32.0 Å². The number of aliphatic hydroxyl groups is 1. The third-order valence-corrected chi connectivity index (χ3v) is 4.33. The lowest BCUT2D eigenvalue weighted by Crippen LogP contribution is -2.23. The summed E-state index contributed by atoms with van der Waals surface area (Å²) in [5.41, 5.74) is 4.00. The summed E-state index contributed by atoms with van der Waals surface area (Å²) >= 11 is 0. The van der Waals surface area contributed by atoms with E-state index >= 15 is 0 Å². The average molecular weight is 326 g/mol. The Bertz CT molecular complexity index is 711. The fourth-order valence-electron chi connectivity index (χ4n) is 2.40. The van der Waals surface area contributed by atoms with Crippen LogP contribution in [0.3, 0.4) is 0 Å².